The van der Waals surface area contributed by atoms with Crippen LogP contribution in [0.25, 0.3) is 0 Å². The summed E-state index contributed by atoms with van der Waals surface area (Å²) >= 11 is 0. The van der Waals surface area contributed by atoms with Gasteiger partial charge in [0.05, 0.1) is 28.4 Å². The van der Waals surface area contributed by atoms with Gasteiger partial charge in [0.25, 0.3) is 0 Å². The van der Waals surface area contributed by atoms with Crippen LogP contribution in [0, 0.1) is 17.8 Å². The standard InChI is InChI=1S/C13H20O8/c1-7(9(12(16)20-4)13(17)21-5)6-8(10(14)18-2)11(15)19-3/h7-9H,6H2,1-5H3. The molecule has 1 atom stereocenters. The van der Waals surface area contributed by atoms with Crippen LogP contribution in [0.1, 0.15) is 13.3 Å². The van der Waals surface area contributed by atoms with E-state index in [1.807, 2.05) is 0 Å². The number of rotatable bonds is 7. The van der Waals surface area contributed by atoms with E-state index in [1.54, 1.807) is 0 Å². The Hall–Kier alpha value is -2.12. The molecule has 0 amide bonds. The Bertz CT molecular complexity index is 371. The number of hydrogen-bond acceptors (Lipinski definition) is 8. The van der Waals surface area contributed by atoms with Gasteiger partial charge in [0.1, 0.15) is 0 Å². The van der Waals surface area contributed by atoms with Crippen LogP contribution in [0.5, 0.6) is 0 Å². The van der Waals surface area contributed by atoms with E-state index in [-0.39, 0.29) is 6.42 Å². The first-order valence-electron chi connectivity index (χ1n) is 6.15. The van der Waals surface area contributed by atoms with Gasteiger partial charge in [-0.15, -0.1) is 0 Å². The fraction of sp³-hybridized carbons (Fsp3) is 0.692. The molecular weight excluding hydrogens is 284 g/mol. The normalized spacial score (nSPS) is 11.8. The quantitative estimate of drug-likeness (QED) is 0.366. The topological polar surface area (TPSA) is 105 Å². The highest BCUT2D eigenvalue weighted by atomic mass is 16.5. The zero-order valence-electron chi connectivity index (χ0n) is 12.7. The van der Waals surface area contributed by atoms with Gasteiger partial charge in [0.2, 0.25) is 0 Å². The van der Waals surface area contributed by atoms with Gasteiger partial charge in [-0.25, -0.2) is 0 Å². The minimum absolute atomic E-state index is 0.117. The number of ether oxygens (including phenoxy) is 4. The molecule has 0 aromatic carbocycles. The van der Waals surface area contributed by atoms with Crippen molar-refractivity contribution in [1.82, 2.24) is 0 Å². The summed E-state index contributed by atoms with van der Waals surface area (Å²) in [6, 6.07) is 0. The highest BCUT2D eigenvalue weighted by Gasteiger charge is 2.39. The second-order valence-electron chi connectivity index (χ2n) is 4.34. The highest BCUT2D eigenvalue weighted by Crippen LogP contribution is 2.24. The minimum atomic E-state index is -1.24. The van der Waals surface area contributed by atoms with Crippen LogP contribution in [0.4, 0.5) is 0 Å². The summed E-state index contributed by atoms with van der Waals surface area (Å²) in [7, 11) is 4.51. The maximum Gasteiger partial charge on any atom is 0.320 e. The summed E-state index contributed by atoms with van der Waals surface area (Å²) in [6.07, 6.45) is -0.117. The molecule has 0 aliphatic rings. The van der Waals surface area contributed by atoms with Crippen molar-refractivity contribution in [2.24, 2.45) is 17.8 Å². The van der Waals surface area contributed by atoms with E-state index < -0.39 is 41.6 Å². The Morgan fingerprint density at radius 2 is 1.05 bits per heavy atom. The van der Waals surface area contributed by atoms with Gasteiger partial charge in [0, 0.05) is 0 Å². The van der Waals surface area contributed by atoms with Crippen LogP contribution in [-0.2, 0) is 38.1 Å². The molecule has 0 rings (SSSR count). The van der Waals surface area contributed by atoms with Crippen LogP contribution in [0.15, 0.2) is 0 Å². The van der Waals surface area contributed by atoms with Crippen LogP contribution in [-0.4, -0.2) is 52.3 Å². The van der Waals surface area contributed by atoms with Crippen molar-refractivity contribution in [1.29, 1.82) is 0 Å². The molecule has 0 heterocycles. The van der Waals surface area contributed by atoms with Gasteiger partial charge < -0.3 is 18.9 Å². The van der Waals surface area contributed by atoms with Crippen molar-refractivity contribution < 1.29 is 38.1 Å². The number of esters is 4. The fourth-order valence-electron chi connectivity index (χ4n) is 1.90. The fourth-order valence-corrected chi connectivity index (χ4v) is 1.90. The molecule has 0 aliphatic carbocycles. The van der Waals surface area contributed by atoms with E-state index in [1.165, 1.54) is 6.92 Å². The van der Waals surface area contributed by atoms with Crippen molar-refractivity contribution in [3.05, 3.63) is 0 Å². The third-order valence-electron chi connectivity index (χ3n) is 3.06. The maximum absolute atomic E-state index is 11.7. The van der Waals surface area contributed by atoms with E-state index in [0.29, 0.717) is 0 Å². The Morgan fingerprint density at radius 3 is 1.33 bits per heavy atom. The van der Waals surface area contributed by atoms with Crippen LogP contribution >= 0.6 is 0 Å². The monoisotopic (exact) mass is 304 g/mol. The predicted molar refractivity (Wildman–Crippen MR) is 68.8 cm³/mol. The van der Waals surface area contributed by atoms with Crippen molar-refractivity contribution >= 4 is 23.9 Å². The lowest BCUT2D eigenvalue weighted by Gasteiger charge is -2.22. The van der Waals surface area contributed by atoms with E-state index in [9.17, 15) is 19.2 Å². The van der Waals surface area contributed by atoms with Gasteiger partial charge in [-0.2, -0.15) is 0 Å². The molecule has 0 fully saturated rings. The first-order valence-corrected chi connectivity index (χ1v) is 6.15. The number of methoxy groups -OCH3 is 4. The van der Waals surface area contributed by atoms with E-state index in [0.717, 1.165) is 28.4 Å². The Balaban J connectivity index is 5.20. The number of hydrogen-bond donors (Lipinski definition) is 0. The third kappa shape index (κ3) is 5.05. The van der Waals surface area contributed by atoms with Gasteiger partial charge >= 0.3 is 23.9 Å². The third-order valence-corrected chi connectivity index (χ3v) is 3.06. The zero-order valence-corrected chi connectivity index (χ0v) is 12.7. The molecule has 21 heavy (non-hydrogen) atoms. The molecule has 0 bridgehead atoms. The molecule has 0 saturated carbocycles. The molecular formula is C13H20O8. The zero-order chi connectivity index (χ0) is 16.6. The highest BCUT2D eigenvalue weighted by molar-refractivity contribution is 5.96. The van der Waals surface area contributed by atoms with Gasteiger partial charge in [-0.3, -0.25) is 19.2 Å². The summed E-state index contributed by atoms with van der Waals surface area (Å²) in [5, 5.41) is 0. The summed E-state index contributed by atoms with van der Waals surface area (Å²) in [5.41, 5.74) is 0. The molecule has 1 unspecified atom stereocenters. The molecule has 0 radical (unpaired) electrons. The van der Waals surface area contributed by atoms with Crippen molar-refractivity contribution in [2.45, 2.75) is 13.3 Å². The number of carbonyl (C=O) groups is 4. The minimum Gasteiger partial charge on any atom is -0.468 e. The summed E-state index contributed by atoms with van der Waals surface area (Å²) < 4.78 is 18.1. The van der Waals surface area contributed by atoms with Crippen molar-refractivity contribution in [3.63, 3.8) is 0 Å². The average molecular weight is 304 g/mol. The van der Waals surface area contributed by atoms with Crippen molar-refractivity contribution in [2.75, 3.05) is 28.4 Å². The second kappa shape index (κ2) is 8.93. The second-order valence-corrected chi connectivity index (χ2v) is 4.34. The van der Waals surface area contributed by atoms with Crippen LogP contribution < -0.4 is 0 Å². The first-order chi connectivity index (χ1) is 9.83. The van der Waals surface area contributed by atoms with E-state index in [4.69, 9.17) is 0 Å². The Kier molecular flexibility index (Phi) is 8.03. The van der Waals surface area contributed by atoms with Gasteiger partial charge in [-0.05, 0) is 12.3 Å². The predicted octanol–water partition coefficient (Wildman–Crippen LogP) is -0.0630. The van der Waals surface area contributed by atoms with Crippen LogP contribution in [0.3, 0.4) is 0 Å². The summed E-state index contributed by atoms with van der Waals surface area (Å²) in [6.45, 7) is 1.53. The molecule has 0 N–H and O–H groups in total. The molecule has 0 saturated heterocycles. The number of carbonyl (C=O) groups excluding carboxylic acids is 4. The van der Waals surface area contributed by atoms with E-state index in [2.05, 4.69) is 18.9 Å². The molecule has 8 nitrogen and oxygen atoms in total. The average Bonchev–Trinajstić information content (AvgIpc) is 2.50. The largest absolute Gasteiger partial charge is 0.468 e. The molecule has 0 aromatic rings. The van der Waals surface area contributed by atoms with Gasteiger partial charge in [0.15, 0.2) is 11.8 Å². The molecule has 0 aromatic heterocycles. The van der Waals surface area contributed by atoms with Gasteiger partial charge in [-0.1, -0.05) is 6.92 Å². The molecule has 0 spiro atoms. The van der Waals surface area contributed by atoms with E-state index >= 15 is 0 Å². The van der Waals surface area contributed by atoms with Crippen LogP contribution in [0.2, 0.25) is 0 Å². The molecule has 8 heteroatoms. The Morgan fingerprint density at radius 1 is 0.714 bits per heavy atom. The SMILES string of the molecule is COC(=O)C(CC(C)C(C(=O)OC)C(=O)OC)C(=O)OC. The van der Waals surface area contributed by atoms with Crippen molar-refractivity contribution in [3.8, 4) is 0 Å². The summed E-state index contributed by atoms with van der Waals surface area (Å²) in [4.78, 5) is 46.5. The Labute approximate surface area is 122 Å². The maximum atomic E-state index is 11.7. The summed E-state index contributed by atoms with van der Waals surface area (Å²) in [5.74, 6) is -6.37. The first kappa shape index (κ1) is 18.9. The lowest BCUT2D eigenvalue weighted by molar-refractivity contribution is -0.166. The lowest BCUT2D eigenvalue weighted by atomic mass is 9.85. The molecule has 120 valence electrons. The lowest BCUT2D eigenvalue weighted by Crippen LogP contribution is -2.36. The molecule has 0 aliphatic heterocycles. The smallest absolute Gasteiger partial charge is 0.320 e.